The van der Waals surface area contributed by atoms with Crippen molar-refractivity contribution in [1.82, 2.24) is 4.98 Å². The molecule has 0 aromatic carbocycles. The topological polar surface area (TPSA) is 36.4 Å². The van der Waals surface area contributed by atoms with E-state index >= 15 is 0 Å². The Morgan fingerprint density at radius 2 is 2.20 bits per heavy atom. The smallest absolute Gasteiger partial charge is 0.131 e. The van der Waals surface area contributed by atoms with E-state index in [1.807, 2.05) is 13.0 Å². The van der Waals surface area contributed by atoms with Crippen molar-refractivity contribution >= 4 is 21.7 Å². The predicted octanol–water partition coefficient (Wildman–Crippen LogP) is 2.36. The summed E-state index contributed by atoms with van der Waals surface area (Å²) in [7, 11) is 0. The van der Waals surface area contributed by atoms with Gasteiger partial charge in [-0.2, -0.15) is 0 Å². The number of aromatic nitrogens is 1. The first-order valence-corrected chi connectivity index (χ1v) is 5.96. The summed E-state index contributed by atoms with van der Waals surface area (Å²) in [6.07, 6.45) is 2.85. The van der Waals surface area contributed by atoms with Gasteiger partial charge in [0.25, 0.3) is 0 Å². The molecule has 1 rings (SSSR count). The molecule has 0 fully saturated rings. The molecule has 0 aliphatic heterocycles. The zero-order valence-corrected chi connectivity index (χ0v) is 10.8. The lowest BCUT2D eigenvalue weighted by atomic mass is 10.2. The van der Waals surface area contributed by atoms with E-state index < -0.39 is 0 Å². The fourth-order valence-corrected chi connectivity index (χ4v) is 2.02. The number of aliphatic hydroxyl groups is 1. The summed E-state index contributed by atoms with van der Waals surface area (Å²) in [5, 5.41) is 8.99. The number of anilines is 1. The SMILES string of the molecule is CCCN(CCO)c1ncc(Br)cc1C. The van der Waals surface area contributed by atoms with Crippen molar-refractivity contribution in [3.63, 3.8) is 0 Å². The fourth-order valence-electron chi connectivity index (χ4n) is 1.58. The Hall–Kier alpha value is -0.610. The normalized spacial score (nSPS) is 10.4. The molecule has 4 heteroatoms. The second-order valence-corrected chi connectivity index (χ2v) is 4.42. The highest BCUT2D eigenvalue weighted by Gasteiger charge is 2.09. The van der Waals surface area contributed by atoms with Crippen LogP contribution >= 0.6 is 15.9 Å². The number of hydrogen-bond acceptors (Lipinski definition) is 3. The minimum atomic E-state index is 0.164. The molecule has 0 bridgehead atoms. The molecule has 15 heavy (non-hydrogen) atoms. The fraction of sp³-hybridized carbons (Fsp3) is 0.545. The van der Waals surface area contributed by atoms with Crippen LogP contribution in [-0.2, 0) is 0 Å². The van der Waals surface area contributed by atoms with Crippen LogP contribution in [0.2, 0.25) is 0 Å². The van der Waals surface area contributed by atoms with Crippen molar-refractivity contribution in [2.45, 2.75) is 20.3 Å². The lowest BCUT2D eigenvalue weighted by Crippen LogP contribution is -2.28. The van der Waals surface area contributed by atoms with Gasteiger partial charge in [-0.1, -0.05) is 6.92 Å². The predicted molar refractivity (Wildman–Crippen MR) is 66.3 cm³/mol. The van der Waals surface area contributed by atoms with Crippen LogP contribution in [0.3, 0.4) is 0 Å². The van der Waals surface area contributed by atoms with Gasteiger partial charge in [-0.05, 0) is 40.9 Å². The molecule has 0 saturated heterocycles. The summed E-state index contributed by atoms with van der Waals surface area (Å²) < 4.78 is 0.990. The van der Waals surface area contributed by atoms with E-state index in [0.29, 0.717) is 6.54 Å². The van der Waals surface area contributed by atoms with Crippen LogP contribution in [0.1, 0.15) is 18.9 Å². The van der Waals surface area contributed by atoms with Crippen molar-refractivity contribution in [1.29, 1.82) is 0 Å². The van der Waals surface area contributed by atoms with E-state index in [9.17, 15) is 0 Å². The highest BCUT2D eigenvalue weighted by Crippen LogP contribution is 2.20. The molecule has 0 atom stereocenters. The average molecular weight is 273 g/mol. The highest BCUT2D eigenvalue weighted by atomic mass is 79.9. The van der Waals surface area contributed by atoms with E-state index in [2.05, 4.69) is 32.7 Å². The third-order valence-electron chi connectivity index (χ3n) is 2.18. The second-order valence-electron chi connectivity index (χ2n) is 3.50. The number of rotatable bonds is 5. The molecule has 3 nitrogen and oxygen atoms in total. The number of aryl methyl sites for hydroxylation is 1. The Bertz CT molecular complexity index is 311. The van der Waals surface area contributed by atoms with Gasteiger partial charge < -0.3 is 10.0 Å². The molecule has 0 aliphatic carbocycles. The van der Waals surface area contributed by atoms with E-state index in [0.717, 1.165) is 28.8 Å². The molecule has 1 aromatic heterocycles. The lowest BCUT2D eigenvalue weighted by molar-refractivity contribution is 0.301. The van der Waals surface area contributed by atoms with Crippen LogP contribution in [0.15, 0.2) is 16.7 Å². The lowest BCUT2D eigenvalue weighted by Gasteiger charge is -2.23. The molecular formula is C11H17BrN2O. The summed E-state index contributed by atoms with van der Waals surface area (Å²) >= 11 is 3.39. The summed E-state index contributed by atoms with van der Waals surface area (Å²) in [4.78, 5) is 6.50. The number of hydrogen-bond donors (Lipinski definition) is 1. The van der Waals surface area contributed by atoms with Crippen molar-refractivity contribution in [3.8, 4) is 0 Å². The minimum absolute atomic E-state index is 0.164. The molecule has 0 unspecified atom stereocenters. The molecule has 0 amide bonds. The number of pyridine rings is 1. The zero-order valence-electron chi connectivity index (χ0n) is 9.20. The molecule has 0 radical (unpaired) electrons. The molecule has 0 saturated carbocycles. The van der Waals surface area contributed by atoms with Gasteiger partial charge in [-0.3, -0.25) is 0 Å². The Balaban J connectivity index is 2.89. The van der Waals surface area contributed by atoms with Crippen LogP contribution < -0.4 is 4.90 Å². The minimum Gasteiger partial charge on any atom is -0.395 e. The summed E-state index contributed by atoms with van der Waals surface area (Å²) in [5.74, 6) is 0.967. The van der Waals surface area contributed by atoms with Crippen LogP contribution in [-0.4, -0.2) is 29.8 Å². The van der Waals surface area contributed by atoms with E-state index in [1.165, 1.54) is 0 Å². The van der Waals surface area contributed by atoms with E-state index in [4.69, 9.17) is 5.11 Å². The van der Waals surface area contributed by atoms with Gasteiger partial charge in [0, 0.05) is 23.8 Å². The monoisotopic (exact) mass is 272 g/mol. The third kappa shape index (κ3) is 3.47. The molecule has 1 aromatic rings. The molecule has 0 spiro atoms. The van der Waals surface area contributed by atoms with Gasteiger partial charge in [0.2, 0.25) is 0 Å². The third-order valence-corrected chi connectivity index (χ3v) is 2.61. The van der Waals surface area contributed by atoms with Gasteiger partial charge in [-0.25, -0.2) is 4.98 Å². The van der Waals surface area contributed by atoms with Crippen LogP contribution in [0, 0.1) is 6.92 Å². The average Bonchev–Trinajstić information content (AvgIpc) is 2.17. The van der Waals surface area contributed by atoms with Gasteiger partial charge in [0.05, 0.1) is 6.61 Å². The molecule has 1 N–H and O–H groups in total. The maximum Gasteiger partial charge on any atom is 0.131 e. The Labute approximate surface area is 99.3 Å². The van der Waals surface area contributed by atoms with E-state index in [1.54, 1.807) is 6.20 Å². The number of aliphatic hydroxyl groups excluding tert-OH is 1. The summed E-state index contributed by atoms with van der Waals surface area (Å²) in [6.45, 7) is 5.89. The largest absolute Gasteiger partial charge is 0.395 e. The Morgan fingerprint density at radius 3 is 2.73 bits per heavy atom. The molecular weight excluding hydrogens is 256 g/mol. The van der Waals surface area contributed by atoms with E-state index in [-0.39, 0.29) is 6.61 Å². The van der Waals surface area contributed by atoms with Gasteiger partial charge >= 0.3 is 0 Å². The maximum absolute atomic E-state index is 8.99. The number of halogens is 1. The first-order valence-electron chi connectivity index (χ1n) is 5.17. The quantitative estimate of drug-likeness (QED) is 0.894. The Kier molecular flexibility index (Phi) is 5.05. The molecule has 1 heterocycles. The first kappa shape index (κ1) is 12.5. The summed E-state index contributed by atoms with van der Waals surface area (Å²) in [5.41, 5.74) is 1.13. The van der Waals surface area contributed by atoms with Gasteiger partial charge in [0.1, 0.15) is 5.82 Å². The summed E-state index contributed by atoms with van der Waals surface area (Å²) in [6, 6.07) is 2.04. The van der Waals surface area contributed by atoms with Crippen LogP contribution in [0.25, 0.3) is 0 Å². The van der Waals surface area contributed by atoms with Gasteiger partial charge in [0.15, 0.2) is 0 Å². The first-order chi connectivity index (χ1) is 7.19. The highest BCUT2D eigenvalue weighted by molar-refractivity contribution is 9.10. The van der Waals surface area contributed by atoms with Crippen LogP contribution in [0.4, 0.5) is 5.82 Å². The molecule has 84 valence electrons. The number of nitrogens with zero attached hydrogens (tertiary/aromatic N) is 2. The van der Waals surface area contributed by atoms with Crippen molar-refractivity contribution in [2.75, 3.05) is 24.6 Å². The van der Waals surface area contributed by atoms with Crippen molar-refractivity contribution in [2.24, 2.45) is 0 Å². The van der Waals surface area contributed by atoms with Crippen molar-refractivity contribution < 1.29 is 5.11 Å². The van der Waals surface area contributed by atoms with Crippen LogP contribution in [0.5, 0.6) is 0 Å². The van der Waals surface area contributed by atoms with Gasteiger partial charge in [-0.15, -0.1) is 0 Å². The van der Waals surface area contributed by atoms with Crippen molar-refractivity contribution in [3.05, 3.63) is 22.3 Å². The molecule has 0 aliphatic rings. The Morgan fingerprint density at radius 1 is 1.47 bits per heavy atom. The second kappa shape index (κ2) is 6.08. The maximum atomic E-state index is 8.99. The zero-order chi connectivity index (χ0) is 11.3. The standard InChI is InChI=1S/C11H17BrN2O/c1-3-4-14(5-6-15)11-9(2)7-10(12)8-13-11/h7-8,15H,3-6H2,1-2H3.